The molecule has 1 aliphatic rings. The average molecular weight is 404 g/mol. The Morgan fingerprint density at radius 2 is 1.90 bits per heavy atom. The number of benzene rings is 2. The molecule has 1 aliphatic carbocycles. The number of nitrogens with two attached hydrogens (primary N) is 1. The number of hydrogen-bond donors (Lipinski definition) is 2. The molecule has 0 spiro atoms. The molecule has 3 aromatic rings. The molecular weight excluding hydrogens is 374 g/mol. The molecule has 0 bridgehead atoms. The van der Waals surface area contributed by atoms with E-state index < -0.39 is 0 Å². The molecule has 0 radical (unpaired) electrons. The van der Waals surface area contributed by atoms with Crippen LogP contribution in [0.2, 0.25) is 0 Å². The van der Waals surface area contributed by atoms with Gasteiger partial charge in [-0.25, -0.2) is 0 Å². The van der Waals surface area contributed by atoms with E-state index in [1.165, 1.54) is 32.1 Å². The van der Waals surface area contributed by atoms with Gasteiger partial charge in [-0.05, 0) is 35.6 Å². The number of amides is 1. The SMILES string of the molecule is Nc1ccc(-c2ccccc2)cc1NC(=O)CCc1cn(CCC2CCCC2)nn1. The van der Waals surface area contributed by atoms with Gasteiger partial charge in [0.1, 0.15) is 0 Å². The number of carbonyl (C=O) groups excluding carboxylic acids is 1. The summed E-state index contributed by atoms with van der Waals surface area (Å²) in [7, 11) is 0. The Morgan fingerprint density at radius 1 is 1.10 bits per heavy atom. The summed E-state index contributed by atoms with van der Waals surface area (Å²) in [6, 6.07) is 15.7. The van der Waals surface area contributed by atoms with E-state index in [1.54, 1.807) is 0 Å². The first-order chi connectivity index (χ1) is 14.7. The average Bonchev–Trinajstić information content (AvgIpc) is 3.45. The van der Waals surface area contributed by atoms with Crippen molar-refractivity contribution in [2.75, 3.05) is 11.1 Å². The van der Waals surface area contributed by atoms with Crippen LogP contribution in [-0.4, -0.2) is 20.9 Å². The van der Waals surface area contributed by atoms with E-state index in [4.69, 9.17) is 5.73 Å². The molecule has 156 valence electrons. The van der Waals surface area contributed by atoms with Gasteiger partial charge in [0, 0.05) is 25.6 Å². The summed E-state index contributed by atoms with van der Waals surface area (Å²) in [5.41, 5.74) is 10.2. The van der Waals surface area contributed by atoms with E-state index >= 15 is 0 Å². The summed E-state index contributed by atoms with van der Waals surface area (Å²) in [6.45, 7) is 0.909. The molecule has 30 heavy (non-hydrogen) atoms. The normalized spacial score (nSPS) is 14.1. The van der Waals surface area contributed by atoms with Crippen molar-refractivity contribution in [3.05, 3.63) is 60.4 Å². The minimum absolute atomic E-state index is 0.0765. The van der Waals surface area contributed by atoms with Crippen molar-refractivity contribution in [3.8, 4) is 11.1 Å². The molecule has 1 heterocycles. The third-order valence-corrected chi connectivity index (χ3v) is 5.87. The van der Waals surface area contributed by atoms with Crippen LogP contribution < -0.4 is 11.1 Å². The molecule has 1 aromatic heterocycles. The van der Waals surface area contributed by atoms with Gasteiger partial charge in [0.15, 0.2) is 0 Å². The summed E-state index contributed by atoms with van der Waals surface area (Å²) >= 11 is 0. The molecule has 1 saturated carbocycles. The second kappa shape index (κ2) is 9.57. The van der Waals surface area contributed by atoms with Crippen LogP contribution >= 0.6 is 0 Å². The summed E-state index contributed by atoms with van der Waals surface area (Å²) in [6.07, 6.45) is 9.45. The number of nitrogens with one attached hydrogen (secondary N) is 1. The lowest BCUT2D eigenvalue weighted by Crippen LogP contribution is -2.13. The molecule has 0 saturated heterocycles. The van der Waals surface area contributed by atoms with Gasteiger partial charge >= 0.3 is 0 Å². The number of hydrogen-bond acceptors (Lipinski definition) is 4. The van der Waals surface area contributed by atoms with Gasteiger partial charge in [-0.1, -0.05) is 67.3 Å². The number of carbonyl (C=O) groups is 1. The predicted octanol–water partition coefficient (Wildman–Crippen LogP) is 4.68. The van der Waals surface area contributed by atoms with Crippen LogP contribution in [0.4, 0.5) is 11.4 Å². The lowest BCUT2D eigenvalue weighted by Gasteiger charge is -2.10. The number of aromatic nitrogens is 3. The molecule has 2 aromatic carbocycles. The molecule has 3 N–H and O–H groups in total. The third kappa shape index (κ3) is 5.26. The number of rotatable bonds is 8. The van der Waals surface area contributed by atoms with Crippen LogP contribution in [0.3, 0.4) is 0 Å². The van der Waals surface area contributed by atoms with Crippen molar-refractivity contribution in [1.82, 2.24) is 15.0 Å². The van der Waals surface area contributed by atoms with Gasteiger partial charge in [-0.15, -0.1) is 5.10 Å². The van der Waals surface area contributed by atoms with E-state index in [0.29, 0.717) is 24.2 Å². The molecule has 1 fully saturated rings. The third-order valence-electron chi connectivity index (χ3n) is 5.87. The molecule has 0 aliphatic heterocycles. The molecule has 6 nitrogen and oxygen atoms in total. The Bertz CT molecular complexity index is 976. The van der Waals surface area contributed by atoms with Crippen LogP contribution in [0.1, 0.15) is 44.2 Å². The van der Waals surface area contributed by atoms with Crippen molar-refractivity contribution in [1.29, 1.82) is 0 Å². The fraction of sp³-hybridized carbons (Fsp3) is 0.375. The van der Waals surface area contributed by atoms with Crippen molar-refractivity contribution < 1.29 is 4.79 Å². The Kier molecular flexibility index (Phi) is 6.42. The van der Waals surface area contributed by atoms with Crippen LogP contribution in [0.25, 0.3) is 11.1 Å². The van der Waals surface area contributed by atoms with Crippen molar-refractivity contribution >= 4 is 17.3 Å². The van der Waals surface area contributed by atoms with Crippen molar-refractivity contribution in [2.24, 2.45) is 5.92 Å². The highest BCUT2D eigenvalue weighted by atomic mass is 16.1. The Hall–Kier alpha value is -3.15. The highest BCUT2D eigenvalue weighted by Gasteiger charge is 2.15. The molecule has 4 rings (SSSR count). The van der Waals surface area contributed by atoms with E-state index in [9.17, 15) is 4.79 Å². The summed E-state index contributed by atoms with van der Waals surface area (Å²) in [4.78, 5) is 12.5. The molecule has 6 heteroatoms. The number of nitrogen functional groups attached to an aromatic ring is 1. The Labute approximate surface area is 177 Å². The highest BCUT2D eigenvalue weighted by Crippen LogP contribution is 2.28. The summed E-state index contributed by atoms with van der Waals surface area (Å²) in [5, 5.41) is 11.4. The zero-order chi connectivity index (χ0) is 20.8. The lowest BCUT2D eigenvalue weighted by atomic mass is 10.0. The fourth-order valence-corrected chi connectivity index (χ4v) is 4.11. The maximum absolute atomic E-state index is 12.5. The first-order valence-electron chi connectivity index (χ1n) is 10.8. The van der Waals surface area contributed by atoms with Gasteiger partial charge in [0.05, 0.1) is 17.1 Å². The summed E-state index contributed by atoms with van der Waals surface area (Å²) < 4.78 is 1.91. The van der Waals surface area contributed by atoms with E-state index in [-0.39, 0.29) is 5.91 Å². The zero-order valence-electron chi connectivity index (χ0n) is 17.3. The highest BCUT2D eigenvalue weighted by molar-refractivity contribution is 5.95. The maximum atomic E-state index is 12.5. The van der Waals surface area contributed by atoms with Crippen LogP contribution in [-0.2, 0) is 17.8 Å². The molecule has 1 amide bonds. The van der Waals surface area contributed by atoms with Crippen LogP contribution in [0, 0.1) is 5.92 Å². The van der Waals surface area contributed by atoms with E-state index in [2.05, 4.69) is 15.6 Å². The number of aryl methyl sites for hydroxylation is 2. The minimum atomic E-state index is -0.0765. The van der Waals surface area contributed by atoms with Gasteiger partial charge in [0.2, 0.25) is 5.91 Å². The first kappa shape index (κ1) is 20.1. The van der Waals surface area contributed by atoms with Crippen LogP contribution in [0.5, 0.6) is 0 Å². The quantitative estimate of drug-likeness (QED) is 0.535. The van der Waals surface area contributed by atoms with Crippen molar-refractivity contribution in [3.63, 3.8) is 0 Å². The largest absolute Gasteiger partial charge is 0.397 e. The van der Waals surface area contributed by atoms with Gasteiger partial charge in [0.25, 0.3) is 0 Å². The fourth-order valence-electron chi connectivity index (χ4n) is 4.11. The molecule has 0 atom stereocenters. The summed E-state index contributed by atoms with van der Waals surface area (Å²) in [5.74, 6) is 0.757. The molecule has 0 unspecified atom stereocenters. The standard InChI is InChI=1S/C24H29N5O/c25-22-12-10-20(19-8-2-1-3-9-19)16-23(22)26-24(30)13-11-21-17-29(28-27-21)15-14-18-6-4-5-7-18/h1-3,8-10,12,16-18H,4-7,11,13-15,25H2,(H,26,30). The van der Waals surface area contributed by atoms with Gasteiger partial charge < -0.3 is 11.1 Å². The smallest absolute Gasteiger partial charge is 0.224 e. The number of anilines is 2. The zero-order valence-corrected chi connectivity index (χ0v) is 17.3. The minimum Gasteiger partial charge on any atom is -0.397 e. The first-order valence-corrected chi connectivity index (χ1v) is 10.8. The second-order valence-electron chi connectivity index (χ2n) is 8.13. The topological polar surface area (TPSA) is 85.8 Å². The van der Waals surface area contributed by atoms with Gasteiger partial charge in [-0.3, -0.25) is 9.48 Å². The van der Waals surface area contributed by atoms with Crippen molar-refractivity contribution in [2.45, 2.75) is 51.5 Å². The predicted molar refractivity (Wildman–Crippen MR) is 120 cm³/mol. The molecular formula is C24H29N5O. The Morgan fingerprint density at radius 3 is 2.70 bits per heavy atom. The van der Waals surface area contributed by atoms with E-state index in [0.717, 1.165) is 29.3 Å². The van der Waals surface area contributed by atoms with E-state index in [1.807, 2.05) is 59.4 Å². The van der Waals surface area contributed by atoms with Crippen LogP contribution in [0.15, 0.2) is 54.7 Å². The lowest BCUT2D eigenvalue weighted by molar-refractivity contribution is -0.116. The monoisotopic (exact) mass is 403 g/mol. The second-order valence-corrected chi connectivity index (χ2v) is 8.13. The van der Waals surface area contributed by atoms with Gasteiger partial charge in [-0.2, -0.15) is 0 Å². The number of nitrogens with zero attached hydrogens (tertiary/aromatic N) is 3. The maximum Gasteiger partial charge on any atom is 0.224 e. The Balaban J connectivity index is 1.30.